The highest BCUT2D eigenvalue weighted by Crippen LogP contribution is 2.33. The summed E-state index contributed by atoms with van der Waals surface area (Å²) in [6, 6.07) is 15.4. The van der Waals surface area contributed by atoms with Crippen LogP contribution in [0.4, 0.5) is 0 Å². The van der Waals surface area contributed by atoms with Crippen LogP contribution in [0.1, 0.15) is 29.0 Å². The standard InChI is InChI=1S/C22H22N4O3S/c27-18(16-8-9-19-20(12-16)29-15-28-19)14-30-22-24-23-21(13-25-10-4-5-11-25)26(22)17-6-2-1-3-7-17/h1-3,6-9,12H,4-5,10-11,13-15H2. The maximum absolute atomic E-state index is 12.8. The Labute approximate surface area is 179 Å². The zero-order valence-electron chi connectivity index (χ0n) is 16.5. The van der Waals surface area contributed by atoms with Crippen LogP contribution in [0.5, 0.6) is 11.5 Å². The van der Waals surface area contributed by atoms with Crippen molar-refractivity contribution in [1.82, 2.24) is 19.7 Å². The lowest BCUT2D eigenvalue weighted by Crippen LogP contribution is -2.21. The number of benzene rings is 2. The van der Waals surface area contributed by atoms with E-state index in [1.165, 1.54) is 24.6 Å². The van der Waals surface area contributed by atoms with Gasteiger partial charge in [-0.3, -0.25) is 14.3 Å². The number of carbonyl (C=O) groups excluding carboxylic acids is 1. The number of carbonyl (C=O) groups is 1. The number of ether oxygens (including phenoxy) is 2. The minimum Gasteiger partial charge on any atom is -0.454 e. The smallest absolute Gasteiger partial charge is 0.231 e. The van der Waals surface area contributed by atoms with Crippen LogP contribution in [-0.2, 0) is 6.54 Å². The molecule has 0 unspecified atom stereocenters. The Balaban J connectivity index is 1.36. The Hall–Kier alpha value is -2.84. The molecule has 1 saturated heterocycles. The van der Waals surface area contributed by atoms with Crippen LogP contribution in [-0.4, -0.2) is 51.1 Å². The minimum absolute atomic E-state index is 0.0157. The average Bonchev–Trinajstić information content (AvgIpc) is 3.53. The van der Waals surface area contributed by atoms with Crippen molar-refractivity contribution in [3.05, 3.63) is 59.9 Å². The number of fused-ring (bicyclic) bond motifs is 1. The molecule has 0 bridgehead atoms. The zero-order valence-corrected chi connectivity index (χ0v) is 17.3. The molecule has 3 aromatic rings. The van der Waals surface area contributed by atoms with E-state index < -0.39 is 0 Å². The molecule has 0 aliphatic carbocycles. The first-order chi connectivity index (χ1) is 14.8. The van der Waals surface area contributed by atoms with Crippen LogP contribution in [0.2, 0.25) is 0 Å². The van der Waals surface area contributed by atoms with E-state index in [1.54, 1.807) is 18.2 Å². The van der Waals surface area contributed by atoms with Gasteiger partial charge in [-0.15, -0.1) is 10.2 Å². The average molecular weight is 423 g/mol. The molecule has 0 atom stereocenters. The molecular weight excluding hydrogens is 400 g/mol. The molecule has 0 saturated carbocycles. The molecule has 154 valence electrons. The monoisotopic (exact) mass is 422 g/mol. The first-order valence-corrected chi connectivity index (χ1v) is 11.0. The lowest BCUT2D eigenvalue weighted by Gasteiger charge is -2.15. The second-order valence-corrected chi connectivity index (χ2v) is 8.28. The van der Waals surface area contributed by atoms with E-state index in [0.717, 1.165) is 36.3 Å². The molecule has 1 fully saturated rings. The van der Waals surface area contributed by atoms with Gasteiger partial charge in [-0.1, -0.05) is 30.0 Å². The zero-order chi connectivity index (χ0) is 20.3. The first-order valence-electron chi connectivity index (χ1n) is 10.1. The molecule has 3 heterocycles. The molecule has 0 amide bonds. The number of nitrogens with zero attached hydrogens (tertiary/aromatic N) is 4. The highest BCUT2D eigenvalue weighted by molar-refractivity contribution is 7.99. The summed E-state index contributed by atoms with van der Waals surface area (Å²) >= 11 is 1.41. The highest BCUT2D eigenvalue weighted by Gasteiger charge is 2.21. The van der Waals surface area contributed by atoms with Gasteiger partial charge in [-0.25, -0.2) is 0 Å². The SMILES string of the molecule is O=C(CSc1nnc(CN2CCCC2)n1-c1ccccc1)c1ccc2c(c1)OCO2. The fourth-order valence-electron chi connectivity index (χ4n) is 3.76. The van der Waals surface area contributed by atoms with Crippen LogP contribution in [0.15, 0.2) is 53.7 Å². The Morgan fingerprint density at radius 2 is 1.80 bits per heavy atom. The van der Waals surface area contributed by atoms with E-state index in [2.05, 4.69) is 19.7 Å². The van der Waals surface area contributed by atoms with Gasteiger partial charge < -0.3 is 9.47 Å². The largest absolute Gasteiger partial charge is 0.454 e. The van der Waals surface area contributed by atoms with Crippen LogP contribution < -0.4 is 9.47 Å². The lowest BCUT2D eigenvalue weighted by molar-refractivity contribution is 0.102. The summed E-state index contributed by atoms with van der Waals surface area (Å²) in [5.74, 6) is 2.48. The molecular formula is C22H22N4O3S. The van der Waals surface area contributed by atoms with Crippen molar-refractivity contribution < 1.29 is 14.3 Å². The number of hydrogen-bond acceptors (Lipinski definition) is 7. The van der Waals surface area contributed by atoms with Crippen molar-refractivity contribution in [2.75, 3.05) is 25.6 Å². The molecule has 5 rings (SSSR count). The van der Waals surface area contributed by atoms with Crippen molar-refractivity contribution in [2.24, 2.45) is 0 Å². The predicted molar refractivity (Wildman–Crippen MR) is 113 cm³/mol. The van der Waals surface area contributed by atoms with Crippen molar-refractivity contribution in [3.63, 3.8) is 0 Å². The van der Waals surface area contributed by atoms with Gasteiger partial charge in [0.15, 0.2) is 28.3 Å². The third-order valence-corrected chi connectivity index (χ3v) is 6.23. The summed E-state index contributed by atoms with van der Waals surface area (Å²) < 4.78 is 12.8. The van der Waals surface area contributed by atoms with Crippen LogP contribution >= 0.6 is 11.8 Å². The molecule has 0 radical (unpaired) electrons. The third-order valence-electron chi connectivity index (χ3n) is 5.31. The second-order valence-electron chi connectivity index (χ2n) is 7.33. The summed E-state index contributed by atoms with van der Waals surface area (Å²) in [5.41, 5.74) is 1.62. The van der Waals surface area contributed by atoms with Crippen molar-refractivity contribution in [1.29, 1.82) is 0 Å². The fourth-order valence-corrected chi connectivity index (χ4v) is 4.62. The number of ketones is 1. The van der Waals surface area contributed by atoms with Crippen LogP contribution in [0.25, 0.3) is 5.69 Å². The minimum atomic E-state index is 0.0157. The topological polar surface area (TPSA) is 69.5 Å². The molecule has 2 aromatic carbocycles. The van der Waals surface area contributed by atoms with Gasteiger partial charge in [0.1, 0.15) is 0 Å². The highest BCUT2D eigenvalue weighted by atomic mass is 32.2. The molecule has 2 aliphatic rings. The summed E-state index contributed by atoms with van der Waals surface area (Å²) in [4.78, 5) is 15.2. The molecule has 8 heteroatoms. The van der Waals surface area contributed by atoms with Crippen molar-refractivity contribution >= 4 is 17.5 Å². The van der Waals surface area contributed by atoms with E-state index >= 15 is 0 Å². The maximum Gasteiger partial charge on any atom is 0.231 e. The number of para-hydroxylation sites is 1. The number of rotatable bonds is 7. The Kier molecular flexibility index (Phi) is 5.42. The Morgan fingerprint density at radius 1 is 1.00 bits per heavy atom. The van der Waals surface area contributed by atoms with E-state index in [1.807, 2.05) is 30.3 Å². The van der Waals surface area contributed by atoms with Gasteiger partial charge in [-0.05, 0) is 56.3 Å². The molecule has 30 heavy (non-hydrogen) atoms. The van der Waals surface area contributed by atoms with Gasteiger partial charge in [0.25, 0.3) is 0 Å². The number of aromatic nitrogens is 3. The molecule has 0 spiro atoms. The van der Waals surface area contributed by atoms with E-state index in [0.29, 0.717) is 17.1 Å². The number of Topliss-reactive ketones (excluding diaryl/α,β-unsaturated/α-hetero) is 1. The fraction of sp³-hybridized carbons (Fsp3) is 0.318. The summed E-state index contributed by atoms with van der Waals surface area (Å²) in [6.07, 6.45) is 2.45. The number of hydrogen-bond donors (Lipinski definition) is 0. The summed E-state index contributed by atoms with van der Waals surface area (Å²) in [7, 11) is 0. The maximum atomic E-state index is 12.8. The van der Waals surface area contributed by atoms with E-state index in [9.17, 15) is 4.79 Å². The first kappa shape index (κ1) is 19.1. The molecule has 0 N–H and O–H groups in total. The molecule has 7 nitrogen and oxygen atoms in total. The second kappa shape index (κ2) is 8.49. The van der Waals surface area contributed by atoms with E-state index in [-0.39, 0.29) is 18.3 Å². The third kappa shape index (κ3) is 3.93. The summed E-state index contributed by atoms with van der Waals surface area (Å²) in [6.45, 7) is 3.14. The van der Waals surface area contributed by atoms with Crippen LogP contribution in [0.3, 0.4) is 0 Å². The van der Waals surface area contributed by atoms with Crippen LogP contribution in [0, 0.1) is 0 Å². The van der Waals surface area contributed by atoms with E-state index in [4.69, 9.17) is 9.47 Å². The molecule has 2 aliphatic heterocycles. The van der Waals surface area contributed by atoms with Crippen molar-refractivity contribution in [3.8, 4) is 17.2 Å². The molecule has 1 aromatic heterocycles. The normalized spacial score (nSPS) is 15.6. The summed E-state index contributed by atoms with van der Waals surface area (Å²) in [5, 5.41) is 9.59. The van der Waals surface area contributed by atoms with Gasteiger partial charge >= 0.3 is 0 Å². The van der Waals surface area contributed by atoms with Gasteiger partial charge in [0.05, 0.1) is 12.3 Å². The number of likely N-dealkylation sites (tertiary alicyclic amines) is 1. The lowest BCUT2D eigenvalue weighted by atomic mass is 10.1. The number of thioether (sulfide) groups is 1. The van der Waals surface area contributed by atoms with Gasteiger partial charge in [0.2, 0.25) is 6.79 Å². The van der Waals surface area contributed by atoms with Gasteiger partial charge in [-0.2, -0.15) is 0 Å². The quantitative estimate of drug-likeness (QED) is 0.426. The Morgan fingerprint density at radius 3 is 2.63 bits per heavy atom. The van der Waals surface area contributed by atoms with Crippen molar-refractivity contribution in [2.45, 2.75) is 24.5 Å². The van der Waals surface area contributed by atoms with Gasteiger partial charge in [0, 0.05) is 11.3 Å². The Bertz CT molecular complexity index is 1050. The predicted octanol–water partition coefficient (Wildman–Crippen LogP) is 3.57.